The lowest BCUT2D eigenvalue weighted by atomic mass is 9.81. The van der Waals surface area contributed by atoms with E-state index in [4.69, 9.17) is 0 Å². The summed E-state index contributed by atoms with van der Waals surface area (Å²) in [5.41, 5.74) is 1.81. The topological polar surface area (TPSA) is 49.3 Å². The average molecular weight is 233 g/mol. The van der Waals surface area contributed by atoms with Gasteiger partial charge in [-0.05, 0) is 36.9 Å². The van der Waals surface area contributed by atoms with Gasteiger partial charge in [0, 0.05) is 6.54 Å². The largest absolute Gasteiger partial charge is 0.481 e. The van der Waals surface area contributed by atoms with Crippen molar-refractivity contribution in [3.8, 4) is 0 Å². The van der Waals surface area contributed by atoms with Crippen LogP contribution in [0.3, 0.4) is 0 Å². The van der Waals surface area contributed by atoms with Crippen LogP contribution in [-0.2, 0) is 17.6 Å². The van der Waals surface area contributed by atoms with Gasteiger partial charge in [-0.3, -0.25) is 4.79 Å². The second-order valence-corrected chi connectivity index (χ2v) is 4.86. The zero-order chi connectivity index (χ0) is 12.3. The van der Waals surface area contributed by atoms with E-state index in [0.717, 1.165) is 24.9 Å². The van der Waals surface area contributed by atoms with Gasteiger partial charge in [-0.2, -0.15) is 0 Å². The van der Waals surface area contributed by atoms with E-state index in [1.165, 1.54) is 5.56 Å². The van der Waals surface area contributed by atoms with Gasteiger partial charge in [-0.15, -0.1) is 0 Å². The summed E-state index contributed by atoms with van der Waals surface area (Å²) in [6.07, 6.45) is 2.36. The molecule has 0 radical (unpaired) electrons. The SMILES string of the molecule is CCc1ccc(CC2(C(=O)O)CCNC2)cc1. The first-order valence-electron chi connectivity index (χ1n) is 6.18. The molecular formula is C14H19NO2. The van der Waals surface area contributed by atoms with Gasteiger partial charge in [-0.1, -0.05) is 31.2 Å². The fourth-order valence-electron chi connectivity index (χ4n) is 2.44. The molecule has 1 aliphatic rings. The van der Waals surface area contributed by atoms with Crippen LogP contribution in [-0.4, -0.2) is 24.2 Å². The maximum Gasteiger partial charge on any atom is 0.311 e. The Balaban J connectivity index is 2.15. The summed E-state index contributed by atoms with van der Waals surface area (Å²) in [6.45, 7) is 3.51. The number of carboxylic acids is 1. The van der Waals surface area contributed by atoms with Crippen LogP contribution in [0.25, 0.3) is 0 Å². The van der Waals surface area contributed by atoms with Crippen molar-refractivity contribution in [2.24, 2.45) is 5.41 Å². The summed E-state index contributed by atoms with van der Waals surface area (Å²) in [4.78, 5) is 11.4. The Labute approximate surface area is 102 Å². The van der Waals surface area contributed by atoms with Crippen molar-refractivity contribution in [3.05, 3.63) is 35.4 Å². The molecule has 0 saturated carbocycles. The number of benzene rings is 1. The third-order valence-corrected chi connectivity index (χ3v) is 3.67. The monoisotopic (exact) mass is 233 g/mol. The second kappa shape index (κ2) is 4.88. The molecule has 3 heteroatoms. The third-order valence-electron chi connectivity index (χ3n) is 3.67. The Hall–Kier alpha value is -1.35. The lowest BCUT2D eigenvalue weighted by molar-refractivity contribution is -0.147. The number of carboxylic acid groups (broad SMARTS) is 1. The summed E-state index contributed by atoms with van der Waals surface area (Å²) in [5, 5.41) is 12.5. The molecule has 92 valence electrons. The highest BCUT2D eigenvalue weighted by atomic mass is 16.4. The van der Waals surface area contributed by atoms with E-state index in [9.17, 15) is 9.90 Å². The van der Waals surface area contributed by atoms with E-state index in [-0.39, 0.29) is 0 Å². The van der Waals surface area contributed by atoms with Crippen molar-refractivity contribution in [2.45, 2.75) is 26.2 Å². The number of aliphatic carboxylic acids is 1. The Morgan fingerprint density at radius 3 is 2.47 bits per heavy atom. The van der Waals surface area contributed by atoms with Crippen molar-refractivity contribution in [1.29, 1.82) is 0 Å². The van der Waals surface area contributed by atoms with Crippen molar-refractivity contribution in [3.63, 3.8) is 0 Å². The molecule has 1 fully saturated rings. The standard InChI is InChI=1S/C14H19NO2/c1-2-11-3-5-12(6-4-11)9-14(13(16)17)7-8-15-10-14/h3-6,15H,2,7-10H2,1H3,(H,16,17). The Kier molecular flexibility index (Phi) is 3.48. The quantitative estimate of drug-likeness (QED) is 0.834. The van der Waals surface area contributed by atoms with Gasteiger partial charge >= 0.3 is 5.97 Å². The normalized spacial score (nSPS) is 23.8. The maximum absolute atomic E-state index is 11.4. The molecule has 2 rings (SSSR count). The fraction of sp³-hybridized carbons (Fsp3) is 0.500. The van der Waals surface area contributed by atoms with Gasteiger partial charge in [0.15, 0.2) is 0 Å². The van der Waals surface area contributed by atoms with Crippen LogP contribution >= 0.6 is 0 Å². The van der Waals surface area contributed by atoms with E-state index >= 15 is 0 Å². The lowest BCUT2D eigenvalue weighted by Gasteiger charge is -2.23. The predicted octanol–water partition coefficient (Wildman–Crippen LogP) is 1.86. The van der Waals surface area contributed by atoms with E-state index < -0.39 is 11.4 Å². The van der Waals surface area contributed by atoms with E-state index in [1.807, 2.05) is 0 Å². The van der Waals surface area contributed by atoms with Crippen LogP contribution in [0.4, 0.5) is 0 Å². The highest BCUT2D eigenvalue weighted by Crippen LogP contribution is 2.30. The van der Waals surface area contributed by atoms with Crippen LogP contribution in [0.1, 0.15) is 24.5 Å². The zero-order valence-corrected chi connectivity index (χ0v) is 10.2. The molecule has 1 atom stereocenters. The maximum atomic E-state index is 11.4. The van der Waals surface area contributed by atoms with Crippen LogP contribution in [0, 0.1) is 5.41 Å². The van der Waals surface area contributed by atoms with Crippen molar-refractivity contribution < 1.29 is 9.90 Å². The van der Waals surface area contributed by atoms with E-state index in [0.29, 0.717) is 13.0 Å². The molecule has 17 heavy (non-hydrogen) atoms. The minimum Gasteiger partial charge on any atom is -0.481 e. The van der Waals surface area contributed by atoms with Gasteiger partial charge in [0.05, 0.1) is 5.41 Å². The number of rotatable bonds is 4. The van der Waals surface area contributed by atoms with Crippen molar-refractivity contribution in [2.75, 3.05) is 13.1 Å². The summed E-state index contributed by atoms with van der Waals surface area (Å²) >= 11 is 0. The summed E-state index contributed by atoms with van der Waals surface area (Å²) in [7, 11) is 0. The second-order valence-electron chi connectivity index (χ2n) is 4.86. The number of hydrogen-bond acceptors (Lipinski definition) is 2. The first-order valence-corrected chi connectivity index (χ1v) is 6.18. The average Bonchev–Trinajstić information content (AvgIpc) is 2.80. The Morgan fingerprint density at radius 1 is 1.35 bits per heavy atom. The highest BCUT2D eigenvalue weighted by molar-refractivity contribution is 5.76. The smallest absolute Gasteiger partial charge is 0.311 e. The molecule has 0 amide bonds. The number of nitrogens with one attached hydrogen (secondary N) is 1. The molecule has 3 nitrogen and oxygen atoms in total. The lowest BCUT2D eigenvalue weighted by Crippen LogP contribution is -2.35. The predicted molar refractivity (Wildman–Crippen MR) is 67.1 cm³/mol. The first kappa shape index (κ1) is 12.1. The van der Waals surface area contributed by atoms with Gasteiger partial charge in [0.25, 0.3) is 0 Å². The summed E-state index contributed by atoms with van der Waals surface area (Å²) < 4.78 is 0. The molecule has 1 unspecified atom stereocenters. The molecule has 0 spiro atoms. The van der Waals surface area contributed by atoms with Crippen LogP contribution < -0.4 is 5.32 Å². The number of hydrogen-bond donors (Lipinski definition) is 2. The molecule has 0 aliphatic carbocycles. The minimum atomic E-state index is -0.679. The molecule has 1 heterocycles. The zero-order valence-electron chi connectivity index (χ0n) is 10.2. The minimum absolute atomic E-state index is 0.581. The van der Waals surface area contributed by atoms with Gasteiger partial charge in [-0.25, -0.2) is 0 Å². The summed E-state index contributed by atoms with van der Waals surface area (Å²) in [5.74, 6) is -0.679. The summed E-state index contributed by atoms with van der Waals surface area (Å²) in [6, 6.07) is 8.30. The van der Waals surface area contributed by atoms with Gasteiger partial charge < -0.3 is 10.4 Å². The fourth-order valence-corrected chi connectivity index (χ4v) is 2.44. The van der Waals surface area contributed by atoms with Gasteiger partial charge in [0.2, 0.25) is 0 Å². The third kappa shape index (κ3) is 2.50. The van der Waals surface area contributed by atoms with E-state index in [2.05, 4.69) is 36.5 Å². The molecule has 1 aromatic rings. The van der Waals surface area contributed by atoms with Crippen molar-refractivity contribution >= 4 is 5.97 Å². The Bertz CT molecular complexity index is 391. The van der Waals surface area contributed by atoms with Gasteiger partial charge in [0.1, 0.15) is 0 Å². The molecule has 0 aromatic heterocycles. The first-order chi connectivity index (χ1) is 8.16. The Morgan fingerprint density at radius 2 is 2.00 bits per heavy atom. The molecule has 0 bridgehead atoms. The van der Waals surface area contributed by atoms with Crippen LogP contribution in [0.15, 0.2) is 24.3 Å². The number of aryl methyl sites for hydroxylation is 1. The van der Waals surface area contributed by atoms with Crippen LogP contribution in [0.2, 0.25) is 0 Å². The molecule has 2 N–H and O–H groups in total. The molecule has 1 saturated heterocycles. The highest BCUT2D eigenvalue weighted by Gasteiger charge is 2.41. The molecular weight excluding hydrogens is 214 g/mol. The van der Waals surface area contributed by atoms with Crippen molar-refractivity contribution in [1.82, 2.24) is 5.32 Å². The number of carbonyl (C=O) groups is 1. The molecule has 1 aliphatic heterocycles. The molecule has 1 aromatic carbocycles. The van der Waals surface area contributed by atoms with Crippen LogP contribution in [0.5, 0.6) is 0 Å². The van der Waals surface area contributed by atoms with E-state index in [1.54, 1.807) is 0 Å².